The minimum atomic E-state index is -3.00. The Bertz CT molecular complexity index is 557. The van der Waals surface area contributed by atoms with Crippen molar-refractivity contribution in [2.75, 3.05) is 24.6 Å². The van der Waals surface area contributed by atoms with E-state index in [0.717, 1.165) is 5.56 Å². The Balaban J connectivity index is 1.96. The Labute approximate surface area is 119 Å². The molecular weight excluding hydrogens is 276 g/mol. The number of carbonyl (C=O) groups is 1. The molecule has 0 radical (unpaired) electrons. The summed E-state index contributed by atoms with van der Waals surface area (Å²) in [6, 6.07) is 8.98. The van der Waals surface area contributed by atoms with Crippen LogP contribution in [0, 0.1) is 0 Å². The van der Waals surface area contributed by atoms with Crippen LogP contribution in [0.1, 0.15) is 12.0 Å². The summed E-state index contributed by atoms with van der Waals surface area (Å²) in [5, 5.41) is 0. The van der Waals surface area contributed by atoms with E-state index >= 15 is 0 Å². The molecule has 1 aromatic carbocycles. The first kappa shape index (κ1) is 15.0. The predicted molar refractivity (Wildman–Crippen MR) is 78.0 cm³/mol. The summed E-state index contributed by atoms with van der Waals surface area (Å²) in [4.78, 5) is 13.9. The second-order valence-corrected chi connectivity index (χ2v) is 7.43. The Morgan fingerprint density at radius 2 is 1.90 bits per heavy atom. The van der Waals surface area contributed by atoms with Crippen molar-refractivity contribution in [3.8, 4) is 0 Å². The second kappa shape index (κ2) is 6.37. The topological polar surface area (TPSA) is 80.5 Å². The largest absolute Gasteiger partial charge is 0.340 e. The van der Waals surface area contributed by atoms with Crippen LogP contribution < -0.4 is 5.73 Å². The van der Waals surface area contributed by atoms with E-state index in [4.69, 9.17) is 5.73 Å². The third kappa shape index (κ3) is 4.05. The molecule has 0 aromatic heterocycles. The van der Waals surface area contributed by atoms with E-state index in [0.29, 0.717) is 19.4 Å². The van der Waals surface area contributed by atoms with E-state index < -0.39 is 15.9 Å². The highest BCUT2D eigenvalue weighted by Gasteiger charge is 2.25. The Morgan fingerprint density at radius 1 is 1.20 bits per heavy atom. The molecule has 20 heavy (non-hydrogen) atoms. The zero-order valence-electron chi connectivity index (χ0n) is 11.4. The smallest absolute Gasteiger partial charge is 0.239 e. The van der Waals surface area contributed by atoms with E-state index in [9.17, 15) is 13.2 Å². The van der Waals surface area contributed by atoms with E-state index in [1.807, 2.05) is 30.3 Å². The highest BCUT2D eigenvalue weighted by molar-refractivity contribution is 7.91. The molecule has 0 spiro atoms. The van der Waals surface area contributed by atoms with Crippen LogP contribution in [0.5, 0.6) is 0 Å². The fourth-order valence-electron chi connectivity index (χ4n) is 2.35. The molecule has 1 atom stereocenters. The number of hydrogen-bond donors (Lipinski definition) is 1. The minimum Gasteiger partial charge on any atom is -0.340 e. The molecule has 0 unspecified atom stereocenters. The number of nitrogens with two attached hydrogens (primary N) is 1. The summed E-state index contributed by atoms with van der Waals surface area (Å²) in [7, 11) is -3.00. The molecule has 0 saturated carbocycles. The van der Waals surface area contributed by atoms with E-state index in [1.54, 1.807) is 4.90 Å². The van der Waals surface area contributed by atoms with Gasteiger partial charge in [-0.3, -0.25) is 4.79 Å². The quantitative estimate of drug-likeness (QED) is 0.864. The molecule has 5 nitrogen and oxygen atoms in total. The molecule has 110 valence electrons. The minimum absolute atomic E-state index is 0.0385. The van der Waals surface area contributed by atoms with Crippen LogP contribution in [0.15, 0.2) is 30.3 Å². The molecule has 2 N–H and O–H groups in total. The van der Waals surface area contributed by atoms with Crippen LogP contribution in [0.2, 0.25) is 0 Å². The molecular formula is C14H20N2O3S. The molecule has 1 fully saturated rings. The maximum Gasteiger partial charge on any atom is 0.239 e. The molecule has 1 heterocycles. The van der Waals surface area contributed by atoms with Crippen molar-refractivity contribution in [3.63, 3.8) is 0 Å². The number of hydrogen-bond acceptors (Lipinski definition) is 4. The van der Waals surface area contributed by atoms with Gasteiger partial charge in [0.1, 0.15) is 0 Å². The van der Waals surface area contributed by atoms with Crippen LogP contribution in [-0.2, 0) is 21.1 Å². The van der Waals surface area contributed by atoms with Crippen molar-refractivity contribution in [2.24, 2.45) is 5.73 Å². The van der Waals surface area contributed by atoms with Crippen molar-refractivity contribution < 1.29 is 13.2 Å². The summed E-state index contributed by atoms with van der Waals surface area (Å²) in [5.41, 5.74) is 6.97. The molecule has 0 bridgehead atoms. The zero-order valence-corrected chi connectivity index (χ0v) is 12.2. The van der Waals surface area contributed by atoms with Gasteiger partial charge in [0.2, 0.25) is 5.91 Å². The summed E-state index contributed by atoms with van der Waals surface area (Å²) >= 11 is 0. The van der Waals surface area contributed by atoms with E-state index in [2.05, 4.69) is 0 Å². The van der Waals surface area contributed by atoms with Gasteiger partial charge in [0, 0.05) is 13.1 Å². The summed E-state index contributed by atoms with van der Waals surface area (Å²) < 4.78 is 23.1. The van der Waals surface area contributed by atoms with Crippen LogP contribution in [0.25, 0.3) is 0 Å². The fraction of sp³-hybridized carbons (Fsp3) is 0.500. The van der Waals surface area contributed by atoms with Gasteiger partial charge in [0.05, 0.1) is 17.5 Å². The van der Waals surface area contributed by atoms with Crippen molar-refractivity contribution in [3.05, 3.63) is 35.9 Å². The monoisotopic (exact) mass is 296 g/mol. The molecule has 1 saturated heterocycles. The average molecular weight is 296 g/mol. The maximum atomic E-state index is 12.3. The standard InChI is InChI=1S/C14H20N2O3S/c15-13(11-12-5-2-1-3-6-12)14(17)16-7-4-9-20(18,19)10-8-16/h1-3,5-6,13H,4,7-11,15H2/t13-/m0/s1. The van der Waals surface area contributed by atoms with Crippen LogP contribution in [0.4, 0.5) is 0 Å². The van der Waals surface area contributed by atoms with Crippen molar-refractivity contribution in [1.82, 2.24) is 4.90 Å². The fourth-order valence-corrected chi connectivity index (χ4v) is 3.62. The molecule has 1 aliphatic rings. The lowest BCUT2D eigenvalue weighted by molar-refractivity contribution is -0.132. The molecule has 6 heteroatoms. The average Bonchev–Trinajstić information content (AvgIpc) is 2.60. The lowest BCUT2D eigenvalue weighted by Gasteiger charge is -2.23. The maximum absolute atomic E-state index is 12.3. The normalized spacial score (nSPS) is 20.1. The molecule has 2 rings (SSSR count). The van der Waals surface area contributed by atoms with Gasteiger partial charge in [-0.25, -0.2) is 8.42 Å². The number of benzene rings is 1. The lowest BCUT2D eigenvalue weighted by Crippen LogP contribution is -2.46. The highest BCUT2D eigenvalue weighted by atomic mass is 32.2. The molecule has 1 aliphatic heterocycles. The Kier molecular flexibility index (Phi) is 4.77. The second-order valence-electron chi connectivity index (χ2n) is 5.13. The Hall–Kier alpha value is -1.40. The lowest BCUT2D eigenvalue weighted by atomic mass is 10.1. The highest BCUT2D eigenvalue weighted by Crippen LogP contribution is 2.09. The van der Waals surface area contributed by atoms with Gasteiger partial charge >= 0.3 is 0 Å². The van der Waals surface area contributed by atoms with Gasteiger partial charge < -0.3 is 10.6 Å². The van der Waals surface area contributed by atoms with Crippen molar-refractivity contribution in [2.45, 2.75) is 18.9 Å². The van der Waals surface area contributed by atoms with E-state index in [-0.39, 0.29) is 24.0 Å². The van der Waals surface area contributed by atoms with Gasteiger partial charge in [-0.15, -0.1) is 0 Å². The first-order valence-corrected chi connectivity index (χ1v) is 8.59. The first-order chi connectivity index (χ1) is 9.48. The van der Waals surface area contributed by atoms with Crippen LogP contribution >= 0.6 is 0 Å². The number of sulfone groups is 1. The number of rotatable bonds is 3. The molecule has 0 aliphatic carbocycles. The molecule has 1 aromatic rings. The van der Waals surface area contributed by atoms with Crippen molar-refractivity contribution >= 4 is 15.7 Å². The van der Waals surface area contributed by atoms with Gasteiger partial charge in [-0.1, -0.05) is 30.3 Å². The van der Waals surface area contributed by atoms with E-state index in [1.165, 1.54) is 0 Å². The Morgan fingerprint density at radius 3 is 2.60 bits per heavy atom. The molecule has 1 amide bonds. The number of amides is 1. The van der Waals surface area contributed by atoms with Gasteiger partial charge in [-0.05, 0) is 18.4 Å². The van der Waals surface area contributed by atoms with Gasteiger partial charge in [0.25, 0.3) is 0 Å². The van der Waals surface area contributed by atoms with Crippen LogP contribution in [0.3, 0.4) is 0 Å². The van der Waals surface area contributed by atoms with Gasteiger partial charge in [0.15, 0.2) is 9.84 Å². The van der Waals surface area contributed by atoms with Crippen molar-refractivity contribution in [1.29, 1.82) is 0 Å². The van der Waals surface area contributed by atoms with Crippen LogP contribution in [-0.4, -0.2) is 49.9 Å². The first-order valence-electron chi connectivity index (χ1n) is 6.77. The number of carbonyl (C=O) groups excluding carboxylic acids is 1. The summed E-state index contributed by atoms with van der Waals surface area (Å²) in [5.74, 6) is 0.0348. The summed E-state index contributed by atoms with van der Waals surface area (Å²) in [6.07, 6.45) is 0.967. The third-order valence-corrected chi connectivity index (χ3v) is 5.20. The summed E-state index contributed by atoms with van der Waals surface area (Å²) in [6.45, 7) is 0.726. The predicted octanol–water partition coefficient (Wildman–Crippen LogP) is 0.204. The number of nitrogens with zero attached hydrogens (tertiary/aromatic N) is 1. The zero-order chi connectivity index (χ0) is 14.6. The third-order valence-electron chi connectivity index (χ3n) is 3.48. The SMILES string of the molecule is N[C@@H](Cc1ccccc1)C(=O)N1CCCS(=O)(=O)CC1. The van der Waals surface area contributed by atoms with Gasteiger partial charge in [-0.2, -0.15) is 0 Å².